The van der Waals surface area contributed by atoms with Crippen molar-refractivity contribution in [1.82, 2.24) is 14.9 Å². The highest BCUT2D eigenvalue weighted by Crippen LogP contribution is 2.13. The van der Waals surface area contributed by atoms with Gasteiger partial charge in [0.1, 0.15) is 0 Å². The molecule has 0 saturated heterocycles. The Kier molecular flexibility index (Phi) is 4.32. The summed E-state index contributed by atoms with van der Waals surface area (Å²) in [7, 11) is 0. The molecule has 1 atom stereocenters. The van der Waals surface area contributed by atoms with Gasteiger partial charge in [0.15, 0.2) is 0 Å². The molecule has 1 aliphatic heterocycles. The zero-order chi connectivity index (χ0) is 14.7. The Bertz CT molecular complexity index is 520. The normalized spacial score (nSPS) is 16.0. The lowest BCUT2D eigenvalue weighted by atomic mass is 10.1. The second-order valence-electron chi connectivity index (χ2n) is 5.10. The molecule has 1 aromatic rings. The summed E-state index contributed by atoms with van der Waals surface area (Å²) < 4.78 is 0. The Hall–Kier alpha value is -1.98. The number of amides is 1. The Morgan fingerprint density at radius 2 is 2.05 bits per heavy atom. The molecular formula is C14H21N5O. The van der Waals surface area contributed by atoms with Crippen molar-refractivity contribution in [1.29, 1.82) is 0 Å². The number of hydrogen-bond donors (Lipinski definition) is 1. The topological polar surface area (TPSA) is 70.5 Å². The van der Waals surface area contributed by atoms with Crippen LogP contribution in [0.1, 0.15) is 31.7 Å². The number of aromatic nitrogens is 2. The maximum atomic E-state index is 12.3. The molecule has 2 rings (SSSR count). The molecule has 0 saturated carbocycles. The first-order chi connectivity index (χ1) is 9.51. The number of carbonyl (C=O) groups excluding carboxylic acids is 1. The smallest absolute Gasteiger partial charge is 0.232 e. The number of carbonyl (C=O) groups is 1. The predicted molar refractivity (Wildman–Crippen MR) is 78.6 cm³/mol. The lowest BCUT2D eigenvalue weighted by Gasteiger charge is -2.21. The first kappa shape index (κ1) is 14.4. The molecule has 0 bridgehead atoms. The van der Waals surface area contributed by atoms with Crippen LogP contribution in [-0.4, -0.2) is 39.8 Å². The third-order valence-corrected chi connectivity index (χ3v) is 3.35. The Morgan fingerprint density at radius 3 is 2.65 bits per heavy atom. The van der Waals surface area contributed by atoms with E-state index in [1.165, 1.54) is 0 Å². The van der Waals surface area contributed by atoms with Gasteiger partial charge in [0, 0.05) is 23.9 Å². The molecule has 1 amide bonds. The number of aryl methyl sites for hydroxylation is 2. The SMILES string of the molecule is CC[C@@H](C)C(=O)N1CCN=C1Nc1nc(C)cc(C)n1. The number of aliphatic imine (C=N–C) groups is 1. The van der Waals surface area contributed by atoms with Gasteiger partial charge in [0.2, 0.25) is 17.8 Å². The minimum absolute atomic E-state index is 0.000244. The molecular weight excluding hydrogens is 254 g/mol. The van der Waals surface area contributed by atoms with Crippen molar-refractivity contribution in [3.8, 4) is 0 Å². The van der Waals surface area contributed by atoms with Crippen molar-refractivity contribution in [2.75, 3.05) is 18.4 Å². The average molecular weight is 275 g/mol. The fourth-order valence-electron chi connectivity index (χ4n) is 2.09. The highest BCUT2D eigenvalue weighted by atomic mass is 16.2. The standard InChI is InChI=1S/C14H21N5O/c1-5-9(2)12(20)19-7-6-15-14(19)18-13-16-10(3)8-11(4)17-13/h8-9H,5-7H2,1-4H3,(H,15,16,17,18)/t9-/m1/s1. The summed E-state index contributed by atoms with van der Waals surface area (Å²) in [5.41, 5.74) is 1.77. The van der Waals surface area contributed by atoms with E-state index in [1.807, 2.05) is 33.8 Å². The zero-order valence-electron chi connectivity index (χ0n) is 12.5. The third kappa shape index (κ3) is 3.12. The maximum absolute atomic E-state index is 12.3. The van der Waals surface area contributed by atoms with E-state index in [1.54, 1.807) is 4.90 Å². The molecule has 1 aliphatic rings. The summed E-state index contributed by atoms with van der Waals surface area (Å²) in [5.74, 6) is 1.14. The van der Waals surface area contributed by atoms with Crippen LogP contribution in [0, 0.1) is 19.8 Å². The monoisotopic (exact) mass is 275 g/mol. The van der Waals surface area contributed by atoms with Crippen LogP contribution in [-0.2, 0) is 4.79 Å². The molecule has 2 heterocycles. The summed E-state index contributed by atoms with van der Waals surface area (Å²) in [5, 5.41) is 3.07. The van der Waals surface area contributed by atoms with Gasteiger partial charge >= 0.3 is 0 Å². The molecule has 0 spiro atoms. The highest BCUT2D eigenvalue weighted by molar-refractivity contribution is 6.04. The van der Waals surface area contributed by atoms with Gasteiger partial charge in [-0.2, -0.15) is 0 Å². The van der Waals surface area contributed by atoms with Crippen molar-refractivity contribution < 1.29 is 4.79 Å². The Morgan fingerprint density at radius 1 is 1.40 bits per heavy atom. The van der Waals surface area contributed by atoms with Crippen molar-refractivity contribution in [3.05, 3.63) is 17.5 Å². The van der Waals surface area contributed by atoms with Crippen LogP contribution in [0.15, 0.2) is 11.1 Å². The quantitative estimate of drug-likeness (QED) is 0.912. The van der Waals surface area contributed by atoms with Gasteiger partial charge in [-0.15, -0.1) is 0 Å². The van der Waals surface area contributed by atoms with Gasteiger partial charge < -0.3 is 0 Å². The first-order valence-corrected chi connectivity index (χ1v) is 6.96. The second-order valence-corrected chi connectivity index (χ2v) is 5.10. The van der Waals surface area contributed by atoms with E-state index in [9.17, 15) is 4.79 Å². The summed E-state index contributed by atoms with van der Waals surface area (Å²) in [4.78, 5) is 26.9. The number of anilines is 1. The van der Waals surface area contributed by atoms with Gasteiger partial charge in [-0.1, -0.05) is 13.8 Å². The van der Waals surface area contributed by atoms with Crippen LogP contribution in [0.3, 0.4) is 0 Å². The number of guanidine groups is 1. The van der Waals surface area contributed by atoms with E-state index in [2.05, 4.69) is 20.3 Å². The molecule has 0 aliphatic carbocycles. The van der Waals surface area contributed by atoms with Gasteiger partial charge in [-0.3, -0.25) is 20.0 Å². The van der Waals surface area contributed by atoms with Gasteiger partial charge in [-0.25, -0.2) is 9.97 Å². The summed E-state index contributed by atoms with van der Waals surface area (Å²) >= 11 is 0. The summed E-state index contributed by atoms with van der Waals surface area (Å²) in [6.07, 6.45) is 0.822. The van der Waals surface area contributed by atoms with E-state index in [4.69, 9.17) is 0 Å². The third-order valence-electron chi connectivity index (χ3n) is 3.35. The van der Waals surface area contributed by atoms with E-state index in [0.29, 0.717) is 25.0 Å². The van der Waals surface area contributed by atoms with Crippen LogP contribution in [0.4, 0.5) is 5.95 Å². The fourth-order valence-corrected chi connectivity index (χ4v) is 2.09. The molecule has 6 heteroatoms. The van der Waals surface area contributed by atoms with Gasteiger partial charge in [0.05, 0.1) is 6.54 Å². The molecule has 6 nitrogen and oxygen atoms in total. The highest BCUT2D eigenvalue weighted by Gasteiger charge is 2.27. The largest absolute Gasteiger partial charge is 0.294 e. The molecule has 20 heavy (non-hydrogen) atoms. The van der Waals surface area contributed by atoms with E-state index in [-0.39, 0.29) is 11.8 Å². The Balaban J connectivity index is 2.14. The average Bonchev–Trinajstić information content (AvgIpc) is 2.83. The lowest BCUT2D eigenvalue weighted by Crippen LogP contribution is -2.41. The molecule has 1 aromatic heterocycles. The number of rotatable bonds is 3. The van der Waals surface area contributed by atoms with Crippen LogP contribution in [0.25, 0.3) is 0 Å². The molecule has 0 fully saturated rings. The van der Waals surface area contributed by atoms with Crippen molar-refractivity contribution in [2.45, 2.75) is 34.1 Å². The molecule has 108 valence electrons. The molecule has 0 radical (unpaired) electrons. The van der Waals surface area contributed by atoms with Crippen LogP contribution in [0.5, 0.6) is 0 Å². The maximum Gasteiger partial charge on any atom is 0.232 e. The van der Waals surface area contributed by atoms with Crippen molar-refractivity contribution in [2.24, 2.45) is 10.9 Å². The number of nitrogens with one attached hydrogen (secondary N) is 1. The van der Waals surface area contributed by atoms with E-state index < -0.39 is 0 Å². The van der Waals surface area contributed by atoms with E-state index in [0.717, 1.165) is 17.8 Å². The predicted octanol–water partition coefficient (Wildman–Crippen LogP) is 1.75. The van der Waals surface area contributed by atoms with Crippen molar-refractivity contribution in [3.63, 3.8) is 0 Å². The summed E-state index contributed by atoms with van der Waals surface area (Å²) in [6, 6.07) is 1.91. The first-order valence-electron chi connectivity index (χ1n) is 6.96. The number of hydrogen-bond acceptors (Lipinski definition) is 5. The molecule has 1 N–H and O–H groups in total. The minimum atomic E-state index is 0.000244. The fraction of sp³-hybridized carbons (Fsp3) is 0.571. The van der Waals surface area contributed by atoms with Crippen LogP contribution < -0.4 is 5.32 Å². The van der Waals surface area contributed by atoms with E-state index >= 15 is 0 Å². The van der Waals surface area contributed by atoms with Crippen LogP contribution in [0.2, 0.25) is 0 Å². The molecule has 0 aromatic carbocycles. The minimum Gasteiger partial charge on any atom is -0.294 e. The lowest BCUT2D eigenvalue weighted by molar-refractivity contribution is -0.130. The van der Waals surface area contributed by atoms with Gasteiger partial charge in [-0.05, 0) is 26.3 Å². The second kappa shape index (κ2) is 5.98. The van der Waals surface area contributed by atoms with Crippen LogP contribution >= 0.6 is 0 Å². The molecule has 0 unspecified atom stereocenters. The Labute approximate surface area is 119 Å². The zero-order valence-corrected chi connectivity index (χ0v) is 12.5. The summed E-state index contributed by atoms with van der Waals surface area (Å²) in [6.45, 7) is 9.02. The van der Waals surface area contributed by atoms with Gasteiger partial charge in [0.25, 0.3) is 0 Å². The number of nitrogens with zero attached hydrogens (tertiary/aromatic N) is 4. The van der Waals surface area contributed by atoms with Crippen molar-refractivity contribution >= 4 is 17.8 Å².